The Morgan fingerprint density at radius 1 is 1.27 bits per heavy atom. The molecule has 174 valence electrons. The van der Waals surface area contributed by atoms with Crippen molar-refractivity contribution in [2.75, 3.05) is 33.4 Å². The van der Waals surface area contributed by atoms with Crippen LogP contribution in [0, 0.1) is 5.92 Å². The molecule has 0 aliphatic carbocycles. The van der Waals surface area contributed by atoms with Gasteiger partial charge in [0.25, 0.3) is 0 Å². The van der Waals surface area contributed by atoms with Crippen molar-refractivity contribution in [3.63, 3.8) is 0 Å². The number of para-hydroxylation sites is 1. The van der Waals surface area contributed by atoms with Crippen LogP contribution in [0.3, 0.4) is 0 Å². The molecule has 5 rings (SSSR count). The van der Waals surface area contributed by atoms with Gasteiger partial charge in [0.1, 0.15) is 0 Å². The van der Waals surface area contributed by atoms with Gasteiger partial charge in [0.2, 0.25) is 5.91 Å². The van der Waals surface area contributed by atoms with E-state index in [1.54, 1.807) is 7.11 Å². The molecule has 1 N–H and O–H groups in total. The van der Waals surface area contributed by atoms with Crippen molar-refractivity contribution >= 4 is 5.91 Å². The lowest BCUT2D eigenvalue weighted by molar-refractivity contribution is -0.141. The molecule has 2 saturated heterocycles. The number of nitrogens with one attached hydrogen (secondary N) is 1. The number of likely N-dealkylation sites (tertiary alicyclic amines) is 1. The number of rotatable bonds is 5. The summed E-state index contributed by atoms with van der Waals surface area (Å²) in [6.07, 6.45) is 5.63. The fourth-order valence-electron chi connectivity index (χ4n) is 6.30. The first-order chi connectivity index (χ1) is 16.2. The summed E-state index contributed by atoms with van der Waals surface area (Å²) in [4.78, 5) is 16.3. The maximum atomic E-state index is 14.1. The van der Waals surface area contributed by atoms with Crippen molar-refractivity contribution < 1.29 is 14.3 Å². The lowest BCUT2D eigenvalue weighted by Gasteiger charge is -2.45. The summed E-state index contributed by atoms with van der Waals surface area (Å²) in [5, 5.41) is 3.55. The van der Waals surface area contributed by atoms with Crippen molar-refractivity contribution in [1.29, 1.82) is 0 Å². The first kappa shape index (κ1) is 22.0. The Kier molecular flexibility index (Phi) is 6.15. The van der Waals surface area contributed by atoms with E-state index in [-0.39, 0.29) is 23.3 Å². The van der Waals surface area contributed by atoms with Gasteiger partial charge >= 0.3 is 0 Å². The van der Waals surface area contributed by atoms with Gasteiger partial charge in [0.05, 0.1) is 19.6 Å². The van der Waals surface area contributed by atoms with Gasteiger partial charge in [0, 0.05) is 36.7 Å². The van der Waals surface area contributed by atoms with Gasteiger partial charge in [-0.2, -0.15) is 0 Å². The third kappa shape index (κ3) is 3.82. The van der Waals surface area contributed by atoms with E-state index in [1.165, 1.54) is 5.56 Å². The number of piperidine rings is 1. The molecule has 0 bridgehead atoms. The van der Waals surface area contributed by atoms with E-state index in [1.807, 2.05) is 18.2 Å². The third-order valence-corrected chi connectivity index (χ3v) is 7.99. The predicted molar refractivity (Wildman–Crippen MR) is 130 cm³/mol. The zero-order valence-corrected chi connectivity index (χ0v) is 19.5. The summed E-state index contributed by atoms with van der Waals surface area (Å²) in [6.45, 7) is 6.89. The Balaban J connectivity index is 1.43. The molecular formula is C28H34N2O3. The highest BCUT2D eigenvalue weighted by Crippen LogP contribution is 2.50. The Bertz CT molecular complexity index is 1010. The number of benzene rings is 2. The standard InChI is InChI=1S/C28H34N2O3/c1-3-8-22-17-21(20-9-5-4-6-10-20)13-15-30(22)27(31)24-18-29-19-28(24)14-16-33-26-23(28)11-7-12-25(26)32-2/h3-7,9-12,21-22,24,29H,1,8,13-19H2,2H3/t21?,22?,24-,28-/m0/s1. The molecule has 0 saturated carbocycles. The summed E-state index contributed by atoms with van der Waals surface area (Å²) >= 11 is 0. The minimum Gasteiger partial charge on any atom is -0.493 e. The predicted octanol–water partition coefficient (Wildman–Crippen LogP) is 4.29. The molecule has 4 atom stereocenters. The normalized spacial score (nSPS) is 28.8. The number of methoxy groups -OCH3 is 1. The molecule has 1 amide bonds. The highest BCUT2D eigenvalue weighted by Gasteiger charge is 2.53. The quantitative estimate of drug-likeness (QED) is 0.697. The maximum Gasteiger partial charge on any atom is 0.228 e. The SMILES string of the molecule is C=CCC1CC(c2ccccc2)CCN1C(=O)[C@@H]1CNC[C@]12CCOc1c(OC)cccc12. The van der Waals surface area contributed by atoms with Crippen molar-refractivity contribution in [2.45, 2.75) is 43.1 Å². The van der Waals surface area contributed by atoms with E-state index in [0.29, 0.717) is 19.1 Å². The molecule has 3 aliphatic heterocycles. The molecule has 33 heavy (non-hydrogen) atoms. The first-order valence-corrected chi connectivity index (χ1v) is 12.2. The average Bonchev–Trinajstić information content (AvgIpc) is 3.28. The molecule has 0 aromatic heterocycles. The van der Waals surface area contributed by atoms with E-state index in [0.717, 1.165) is 55.8 Å². The van der Waals surface area contributed by atoms with Gasteiger partial charge in [-0.15, -0.1) is 6.58 Å². The summed E-state index contributed by atoms with van der Waals surface area (Å²) in [5.41, 5.74) is 2.23. The van der Waals surface area contributed by atoms with Crippen molar-refractivity contribution in [1.82, 2.24) is 10.2 Å². The zero-order chi connectivity index (χ0) is 22.8. The van der Waals surface area contributed by atoms with Crippen LogP contribution in [-0.2, 0) is 10.2 Å². The molecule has 0 radical (unpaired) electrons. The Labute approximate surface area is 196 Å². The number of amides is 1. The van der Waals surface area contributed by atoms with Gasteiger partial charge in [-0.3, -0.25) is 4.79 Å². The second-order valence-corrected chi connectivity index (χ2v) is 9.62. The molecule has 2 unspecified atom stereocenters. The van der Waals surface area contributed by atoms with Gasteiger partial charge in [-0.25, -0.2) is 0 Å². The number of carbonyl (C=O) groups is 1. The summed E-state index contributed by atoms with van der Waals surface area (Å²) < 4.78 is 11.6. The van der Waals surface area contributed by atoms with Crippen molar-refractivity contribution in [3.05, 3.63) is 72.3 Å². The zero-order valence-electron chi connectivity index (χ0n) is 19.5. The van der Waals surface area contributed by atoms with Crippen LogP contribution in [0.25, 0.3) is 0 Å². The summed E-state index contributed by atoms with van der Waals surface area (Å²) in [5.74, 6) is 2.21. The van der Waals surface area contributed by atoms with Crippen LogP contribution < -0.4 is 14.8 Å². The highest BCUT2D eigenvalue weighted by molar-refractivity contribution is 5.82. The second kappa shape index (κ2) is 9.22. The number of fused-ring (bicyclic) bond motifs is 2. The molecule has 5 heteroatoms. The topological polar surface area (TPSA) is 50.8 Å². The fourth-order valence-corrected chi connectivity index (χ4v) is 6.30. The Morgan fingerprint density at radius 3 is 2.91 bits per heavy atom. The van der Waals surface area contributed by atoms with E-state index < -0.39 is 0 Å². The van der Waals surface area contributed by atoms with Crippen molar-refractivity contribution in [2.24, 2.45) is 5.92 Å². The van der Waals surface area contributed by atoms with Crippen LogP contribution in [0.1, 0.15) is 42.7 Å². The smallest absolute Gasteiger partial charge is 0.228 e. The van der Waals surface area contributed by atoms with Crippen LogP contribution in [-0.4, -0.2) is 50.2 Å². The molecule has 2 aromatic carbocycles. The van der Waals surface area contributed by atoms with E-state index in [4.69, 9.17) is 9.47 Å². The maximum absolute atomic E-state index is 14.1. The largest absolute Gasteiger partial charge is 0.493 e. The molecule has 2 fully saturated rings. The number of carbonyl (C=O) groups excluding carboxylic acids is 1. The van der Waals surface area contributed by atoms with Crippen LogP contribution in [0.15, 0.2) is 61.2 Å². The fraction of sp³-hybridized carbons (Fsp3) is 0.464. The molecule has 3 aliphatic rings. The minimum absolute atomic E-state index is 0.104. The first-order valence-electron chi connectivity index (χ1n) is 12.2. The molecule has 5 nitrogen and oxygen atoms in total. The second-order valence-electron chi connectivity index (χ2n) is 9.62. The summed E-state index contributed by atoms with van der Waals surface area (Å²) in [7, 11) is 1.67. The third-order valence-electron chi connectivity index (χ3n) is 7.99. The monoisotopic (exact) mass is 446 g/mol. The number of nitrogens with zero attached hydrogens (tertiary/aromatic N) is 1. The van der Waals surface area contributed by atoms with Crippen LogP contribution in [0.4, 0.5) is 0 Å². The van der Waals surface area contributed by atoms with Gasteiger partial charge in [0.15, 0.2) is 11.5 Å². The summed E-state index contributed by atoms with van der Waals surface area (Å²) in [6, 6.07) is 17.0. The highest BCUT2D eigenvalue weighted by atomic mass is 16.5. The van der Waals surface area contributed by atoms with Gasteiger partial charge < -0.3 is 19.7 Å². The average molecular weight is 447 g/mol. The lowest BCUT2D eigenvalue weighted by Crippen LogP contribution is -2.53. The van der Waals surface area contributed by atoms with Gasteiger partial charge in [-0.1, -0.05) is 48.5 Å². The molecule has 2 aromatic rings. The van der Waals surface area contributed by atoms with E-state index in [2.05, 4.69) is 53.2 Å². The van der Waals surface area contributed by atoms with E-state index >= 15 is 0 Å². The van der Waals surface area contributed by atoms with Crippen LogP contribution in [0.2, 0.25) is 0 Å². The number of ether oxygens (including phenoxy) is 2. The molecule has 3 heterocycles. The number of hydrogen-bond acceptors (Lipinski definition) is 4. The number of hydrogen-bond donors (Lipinski definition) is 1. The minimum atomic E-state index is -0.256. The molecular weight excluding hydrogens is 412 g/mol. The Hall–Kier alpha value is -2.79. The van der Waals surface area contributed by atoms with Crippen LogP contribution in [0.5, 0.6) is 11.5 Å². The van der Waals surface area contributed by atoms with Crippen molar-refractivity contribution in [3.8, 4) is 11.5 Å². The van der Waals surface area contributed by atoms with Crippen LogP contribution >= 0.6 is 0 Å². The van der Waals surface area contributed by atoms with E-state index in [9.17, 15) is 4.79 Å². The molecule has 1 spiro atoms. The van der Waals surface area contributed by atoms with Gasteiger partial charge in [-0.05, 0) is 43.2 Å². The Morgan fingerprint density at radius 2 is 2.12 bits per heavy atom. The lowest BCUT2D eigenvalue weighted by atomic mass is 9.68.